The molecule has 2 aromatic rings. The molecule has 7 nitrogen and oxygen atoms in total. The maximum absolute atomic E-state index is 12.9. The van der Waals surface area contributed by atoms with E-state index in [4.69, 9.17) is 4.74 Å². The number of carbonyl (C=O) groups is 2. The molecule has 1 unspecified atom stereocenters. The maximum atomic E-state index is 12.9. The van der Waals surface area contributed by atoms with Crippen molar-refractivity contribution in [3.8, 4) is 5.75 Å². The molecule has 1 saturated carbocycles. The number of Topliss-reactive ketones (excluding diaryl/α,β-unsaturated/α-hetero) is 1. The van der Waals surface area contributed by atoms with Gasteiger partial charge in [-0.15, -0.1) is 0 Å². The minimum Gasteiger partial charge on any atom is -0.492 e. The second-order valence-corrected chi connectivity index (χ2v) is 8.69. The molecular weight excluding hydrogens is 392 g/mol. The minimum atomic E-state index is -3.88. The molecule has 0 aliphatic heterocycles. The van der Waals surface area contributed by atoms with Gasteiger partial charge in [-0.1, -0.05) is 12.1 Å². The number of ether oxygens (including phenoxy) is 1. The van der Waals surface area contributed by atoms with E-state index < -0.39 is 10.0 Å². The van der Waals surface area contributed by atoms with Gasteiger partial charge in [0.05, 0.1) is 6.61 Å². The highest BCUT2D eigenvalue weighted by Gasteiger charge is 2.28. The summed E-state index contributed by atoms with van der Waals surface area (Å²) in [6.45, 7) is 3.89. The van der Waals surface area contributed by atoms with Crippen LogP contribution < -0.4 is 14.8 Å². The molecule has 8 heteroatoms. The van der Waals surface area contributed by atoms with Gasteiger partial charge in [0.15, 0.2) is 0 Å². The van der Waals surface area contributed by atoms with Gasteiger partial charge in [-0.3, -0.25) is 14.3 Å². The predicted octanol–water partition coefficient (Wildman–Crippen LogP) is 3.50. The van der Waals surface area contributed by atoms with Crippen LogP contribution in [0.25, 0.3) is 0 Å². The third kappa shape index (κ3) is 5.14. The van der Waals surface area contributed by atoms with Crippen molar-refractivity contribution in [1.29, 1.82) is 0 Å². The van der Waals surface area contributed by atoms with E-state index in [2.05, 4.69) is 10.0 Å². The maximum Gasteiger partial charge on any atom is 0.265 e. The summed E-state index contributed by atoms with van der Waals surface area (Å²) in [5.74, 6) is -0.354. The SMILES string of the molecule is CCOc1cc(NC(=O)C2CCC(=O)C2)ccc1S(=O)(=O)Nc1cccc(C)c1. The van der Waals surface area contributed by atoms with Crippen molar-refractivity contribution in [2.75, 3.05) is 16.6 Å². The van der Waals surface area contributed by atoms with Gasteiger partial charge in [-0.2, -0.15) is 0 Å². The van der Waals surface area contributed by atoms with Gasteiger partial charge >= 0.3 is 0 Å². The zero-order valence-corrected chi connectivity index (χ0v) is 17.2. The Balaban J connectivity index is 1.83. The van der Waals surface area contributed by atoms with Gasteiger partial charge in [0.1, 0.15) is 16.4 Å². The molecule has 3 rings (SSSR count). The summed E-state index contributed by atoms with van der Waals surface area (Å²) in [6, 6.07) is 11.4. The average molecular weight is 416 g/mol. The molecule has 1 atom stereocenters. The van der Waals surface area contributed by atoms with Crippen LogP contribution in [0.2, 0.25) is 0 Å². The second kappa shape index (κ2) is 8.65. The van der Waals surface area contributed by atoms with Gasteiger partial charge in [0.2, 0.25) is 5.91 Å². The Morgan fingerprint density at radius 3 is 2.62 bits per heavy atom. The molecule has 0 spiro atoms. The lowest BCUT2D eigenvalue weighted by Gasteiger charge is -2.15. The number of rotatable bonds is 7. The Morgan fingerprint density at radius 2 is 1.97 bits per heavy atom. The van der Waals surface area contributed by atoms with E-state index in [-0.39, 0.29) is 41.3 Å². The molecule has 2 N–H and O–H groups in total. The van der Waals surface area contributed by atoms with E-state index in [1.807, 2.05) is 13.0 Å². The fourth-order valence-electron chi connectivity index (χ4n) is 3.28. The molecule has 2 aromatic carbocycles. The first-order valence-corrected chi connectivity index (χ1v) is 11.0. The Bertz CT molecular complexity index is 1030. The number of sulfonamides is 1. The van der Waals surface area contributed by atoms with E-state index in [1.165, 1.54) is 18.2 Å². The van der Waals surface area contributed by atoms with Gasteiger partial charge in [-0.05, 0) is 50.1 Å². The smallest absolute Gasteiger partial charge is 0.265 e. The van der Waals surface area contributed by atoms with E-state index in [0.29, 0.717) is 24.2 Å². The van der Waals surface area contributed by atoms with E-state index in [0.717, 1.165) is 5.56 Å². The van der Waals surface area contributed by atoms with Crippen LogP contribution in [0.4, 0.5) is 11.4 Å². The standard InChI is InChI=1S/C21H24N2O5S/c1-3-28-19-13-16(22-21(25)15-7-9-18(24)12-15)8-10-20(19)29(26,27)23-17-6-4-5-14(2)11-17/h4-6,8,10-11,13,15,23H,3,7,9,12H2,1-2H3,(H,22,25). The highest BCUT2D eigenvalue weighted by molar-refractivity contribution is 7.92. The van der Waals surface area contributed by atoms with Crippen molar-refractivity contribution in [2.45, 2.75) is 38.0 Å². The fourth-order valence-corrected chi connectivity index (χ4v) is 4.45. The molecule has 0 aromatic heterocycles. The van der Waals surface area contributed by atoms with Gasteiger partial charge < -0.3 is 10.1 Å². The van der Waals surface area contributed by atoms with Crippen LogP contribution in [0.15, 0.2) is 47.4 Å². The lowest BCUT2D eigenvalue weighted by molar-refractivity contribution is -0.122. The Morgan fingerprint density at radius 1 is 1.17 bits per heavy atom. The summed E-state index contributed by atoms with van der Waals surface area (Å²) in [7, 11) is -3.88. The van der Waals surface area contributed by atoms with Crippen molar-refractivity contribution in [3.05, 3.63) is 48.0 Å². The quantitative estimate of drug-likeness (QED) is 0.719. The third-order valence-corrected chi connectivity index (χ3v) is 6.11. The van der Waals surface area contributed by atoms with Crippen LogP contribution in [0.3, 0.4) is 0 Å². The number of hydrogen-bond acceptors (Lipinski definition) is 5. The van der Waals surface area contributed by atoms with Crippen molar-refractivity contribution in [1.82, 2.24) is 0 Å². The number of anilines is 2. The first-order valence-electron chi connectivity index (χ1n) is 9.47. The lowest BCUT2D eigenvalue weighted by Crippen LogP contribution is -2.21. The zero-order valence-electron chi connectivity index (χ0n) is 16.4. The third-order valence-electron chi connectivity index (χ3n) is 4.69. The average Bonchev–Trinajstić information content (AvgIpc) is 3.08. The number of carbonyl (C=O) groups excluding carboxylic acids is 2. The number of amides is 1. The molecule has 0 radical (unpaired) electrons. The molecule has 0 bridgehead atoms. The van der Waals surface area contributed by atoms with Crippen LogP contribution in [0.5, 0.6) is 5.75 Å². The summed E-state index contributed by atoms with van der Waals surface area (Å²) in [5, 5.41) is 2.75. The highest BCUT2D eigenvalue weighted by Crippen LogP contribution is 2.30. The summed E-state index contributed by atoms with van der Waals surface area (Å²) >= 11 is 0. The van der Waals surface area contributed by atoms with Gasteiger partial charge in [0.25, 0.3) is 10.0 Å². The number of aryl methyl sites for hydroxylation is 1. The van der Waals surface area contributed by atoms with E-state index in [9.17, 15) is 18.0 Å². The number of ketones is 1. The summed E-state index contributed by atoms with van der Waals surface area (Å²) in [5.41, 5.74) is 1.81. The molecule has 154 valence electrons. The number of nitrogens with one attached hydrogen (secondary N) is 2. The van der Waals surface area contributed by atoms with Crippen LogP contribution >= 0.6 is 0 Å². The van der Waals surface area contributed by atoms with Crippen molar-refractivity contribution in [2.24, 2.45) is 5.92 Å². The summed E-state index contributed by atoms with van der Waals surface area (Å²) < 4.78 is 33.8. The molecule has 29 heavy (non-hydrogen) atoms. The summed E-state index contributed by atoms with van der Waals surface area (Å²) in [6.07, 6.45) is 1.21. The lowest BCUT2D eigenvalue weighted by atomic mass is 10.1. The van der Waals surface area contributed by atoms with Gasteiger partial charge in [-0.25, -0.2) is 8.42 Å². The molecule has 1 fully saturated rings. The predicted molar refractivity (Wildman–Crippen MR) is 111 cm³/mol. The normalized spacial score (nSPS) is 16.5. The van der Waals surface area contributed by atoms with Crippen LogP contribution in [0, 0.1) is 12.8 Å². The van der Waals surface area contributed by atoms with Crippen molar-refractivity contribution in [3.63, 3.8) is 0 Å². The topological polar surface area (TPSA) is 102 Å². The molecule has 0 heterocycles. The Labute approximate surface area is 170 Å². The molecule has 1 amide bonds. The van der Waals surface area contributed by atoms with Crippen molar-refractivity contribution < 1.29 is 22.7 Å². The second-order valence-electron chi connectivity index (χ2n) is 7.04. The molecule has 1 aliphatic carbocycles. The Kier molecular flexibility index (Phi) is 6.22. The van der Waals surface area contributed by atoms with E-state index in [1.54, 1.807) is 25.1 Å². The minimum absolute atomic E-state index is 0.0186. The summed E-state index contributed by atoms with van der Waals surface area (Å²) in [4.78, 5) is 23.7. The van der Waals surface area contributed by atoms with Crippen LogP contribution in [-0.4, -0.2) is 26.7 Å². The monoisotopic (exact) mass is 416 g/mol. The largest absolute Gasteiger partial charge is 0.492 e. The number of hydrogen-bond donors (Lipinski definition) is 2. The van der Waals surface area contributed by atoms with E-state index >= 15 is 0 Å². The molecular formula is C21H24N2O5S. The first kappa shape index (κ1) is 20.9. The Hall–Kier alpha value is -2.87. The first-order chi connectivity index (χ1) is 13.8. The van der Waals surface area contributed by atoms with Crippen LogP contribution in [0.1, 0.15) is 31.7 Å². The van der Waals surface area contributed by atoms with Crippen molar-refractivity contribution >= 4 is 33.1 Å². The molecule has 1 aliphatic rings. The van der Waals surface area contributed by atoms with Crippen LogP contribution in [-0.2, 0) is 19.6 Å². The molecule has 0 saturated heterocycles. The zero-order chi connectivity index (χ0) is 21.0. The fraction of sp³-hybridized carbons (Fsp3) is 0.333. The van der Waals surface area contributed by atoms with Gasteiger partial charge in [0, 0.05) is 36.2 Å². The highest BCUT2D eigenvalue weighted by atomic mass is 32.2. The number of benzene rings is 2.